The Morgan fingerprint density at radius 1 is 1.50 bits per heavy atom. The van der Waals surface area contributed by atoms with Crippen LogP contribution in [0.3, 0.4) is 0 Å². The Bertz CT molecular complexity index is 309. The third-order valence-corrected chi connectivity index (χ3v) is 3.42. The van der Waals surface area contributed by atoms with Crippen molar-refractivity contribution >= 4 is 15.9 Å². The summed E-state index contributed by atoms with van der Waals surface area (Å²) in [4.78, 5) is 0. The first-order valence-corrected chi connectivity index (χ1v) is 6.60. The summed E-state index contributed by atoms with van der Waals surface area (Å²) in [5.41, 5.74) is 1.21. The van der Waals surface area contributed by atoms with Gasteiger partial charge in [0, 0.05) is 11.6 Å². The van der Waals surface area contributed by atoms with Crippen LogP contribution in [0.5, 0.6) is 0 Å². The molecule has 1 N–H and O–H groups in total. The highest BCUT2D eigenvalue weighted by atomic mass is 79.9. The molecule has 0 bridgehead atoms. The van der Waals surface area contributed by atoms with Gasteiger partial charge in [-0.2, -0.15) is 0 Å². The van der Waals surface area contributed by atoms with Crippen molar-refractivity contribution in [2.75, 3.05) is 7.05 Å². The maximum atomic E-state index is 5.26. The highest BCUT2D eigenvalue weighted by molar-refractivity contribution is 9.10. The van der Waals surface area contributed by atoms with Gasteiger partial charge in [-0.25, -0.2) is 0 Å². The number of rotatable bonds is 8. The highest BCUT2D eigenvalue weighted by Gasteiger charge is 2.13. The lowest BCUT2D eigenvalue weighted by molar-refractivity contribution is 0.486. The molecule has 16 heavy (non-hydrogen) atoms. The number of hydrogen-bond donors (Lipinski definition) is 1. The van der Waals surface area contributed by atoms with Crippen LogP contribution in [0.25, 0.3) is 0 Å². The van der Waals surface area contributed by atoms with Gasteiger partial charge in [-0.1, -0.05) is 18.9 Å². The van der Waals surface area contributed by atoms with Crippen molar-refractivity contribution < 1.29 is 4.42 Å². The van der Waals surface area contributed by atoms with Gasteiger partial charge in [0.05, 0.1) is 6.26 Å². The fourth-order valence-corrected chi connectivity index (χ4v) is 2.34. The lowest BCUT2D eigenvalue weighted by atomic mass is 10.0. The first-order valence-electron chi connectivity index (χ1n) is 5.80. The summed E-state index contributed by atoms with van der Waals surface area (Å²) < 4.78 is 6.10. The summed E-state index contributed by atoms with van der Waals surface area (Å²) in [6, 6.07) is 2.41. The summed E-state index contributed by atoms with van der Waals surface area (Å²) >= 11 is 3.42. The molecule has 0 saturated heterocycles. The van der Waals surface area contributed by atoms with Gasteiger partial charge >= 0.3 is 0 Å². The standard InChI is InChI=1S/C13H20BrNO/c1-3-4-5-6-7-8-12(15-2)11-9-10-16-13(11)14/h3,9-10,12,15H,1,4-8H2,2H3. The first-order chi connectivity index (χ1) is 7.79. The second-order valence-electron chi connectivity index (χ2n) is 3.92. The van der Waals surface area contributed by atoms with Crippen LogP contribution in [0, 0.1) is 0 Å². The summed E-state index contributed by atoms with van der Waals surface area (Å²) in [6.45, 7) is 3.73. The van der Waals surface area contributed by atoms with E-state index in [1.165, 1.54) is 24.8 Å². The van der Waals surface area contributed by atoms with Crippen molar-refractivity contribution in [3.63, 3.8) is 0 Å². The van der Waals surface area contributed by atoms with Crippen molar-refractivity contribution in [3.05, 3.63) is 35.2 Å². The highest BCUT2D eigenvalue weighted by Crippen LogP contribution is 2.27. The lowest BCUT2D eigenvalue weighted by Gasteiger charge is -2.14. The molecule has 1 atom stereocenters. The topological polar surface area (TPSA) is 25.2 Å². The Morgan fingerprint density at radius 3 is 2.88 bits per heavy atom. The molecule has 3 heteroatoms. The van der Waals surface area contributed by atoms with Crippen molar-refractivity contribution in [3.8, 4) is 0 Å². The smallest absolute Gasteiger partial charge is 0.173 e. The van der Waals surface area contributed by atoms with E-state index in [2.05, 4.69) is 27.8 Å². The molecule has 0 aliphatic rings. The van der Waals surface area contributed by atoms with E-state index in [0.717, 1.165) is 17.5 Å². The average Bonchev–Trinajstić information content (AvgIpc) is 2.70. The Hall–Kier alpha value is -0.540. The quantitative estimate of drug-likeness (QED) is 0.564. The Morgan fingerprint density at radius 2 is 2.31 bits per heavy atom. The molecule has 1 heterocycles. The molecule has 1 aromatic heterocycles. The molecular weight excluding hydrogens is 266 g/mol. The van der Waals surface area contributed by atoms with E-state index in [1.54, 1.807) is 6.26 Å². The van der Waals surface area contributed by atoms with Crippen LogP contribution in [0.4, 0.5) is 0 Å². The number of nitrogens with one attached hydrogen (secondary N) is 1. The molecular formula is C13H20BrNO. The first kappa shape index (κ1) is 13.5. The Labute approximate surface area is 106 Å². The zero-order valence-corrected chi connectivity index (χ0v) is 11.4. The largest absolute Gasteiger partial charge is 0.457 e. The number of allylic oxidation sites excluding steroid dienone is 1. The summed E-state index contributed by atoms with van der Waals surface area (Å²) in [6.07, 6.45) is 9.72. The maximum absolute atomic E-state index is 5.26. The minimum Gasteiger partial charge on any atom is -0.457 e. The molecule has 1 rings (SSSR count). The third-order valence-electron chi connectivity index (χ3n) is 2.77. The minimum atomic E-state index is 0.386. The van der Waals surface area contributed by atoms with E-state index in [0.29, 0.717) is 6.04 Å². The second-order valence-corrected chi connectivity index (χ2v) is 4.64. The molecule has 1 aromatic rings. The van der Waals surface area contributed by atoms with Crippen molar-refractivity contribution in [2.24, 2.45) is 0 Å². The van der Waals surface area contributed by atoms with Crippen LogP contribution in [0.1, 0.15) is 43.7 Å². The van der Waals surface area contributed by atoms with Gasteiger partial charge in [0.2, 0.25) is 0 Å². The molecule has 0 radical (unpaired) electrons. The van der Waals surface area contributed by atoms with Crippen molar-refractivity contribution in [1.29, 1.82) is 0 Å². The molecule has 0 fully saturated rings. The number of furan rings is 1. The zero-order valence-electron chi connectivity index (χ0n) is 9.84. The number of hydrogen-bond acceptors (Lipinski definition) is 2. The van der Waals surface area contributed by atoms with Gasteiger partial charge < -0.3 is 9.73 Å². The summed E-state index contributed by atoms with van der Waals surface area (Å²) in [5, 5.41) is 3.33. The molecule has 90 valence electrons. The van der Waals surface area contributed by atoms with Gasteiger partial charge in [-0.3, -0.25) is 0 Å². The monoisotopic (exact) mass is 285 g/mol. The van der Waals surface area contributed by atoms with Crippen LogP contribution < -0.4 is 5.32 Å². The van der Waals surface area contributed by atoms with Crippen molar-refractivity contribution in [1.82, 2.24) is 5.32 Å². The van der Waals surface area contributed by atoms with E-state index in [-0.39, 0.29) is 0 Å². The van der Waals surface area contributed by atoms with Crippen LogP contribution in [-0.4, -0.2) is 7.05 Å². The third kappa shape index (κ3) is 4.14. The molecule has 1 unspecified atom stereocenters. The molecule has 0 aromatic carbocycles. The molecule has 2 nitrogen and oxygen atoms in total. The molecule has 0 saturated carbocycles. The average molecular weight is 286 g/mol. The molecule has 0 aliphatic carbocycles. The molecule has 0 spiro atoms. The number of unbranched alkanes of at least 4 members (excludes halogenated alkanes) is 3. The van der Waals surface area contributed by atoms with Gasteiger partial charge in [-0.15, -0.1) is 6.58 Å². The lowest BCUT2D eigenvalue weighted by Crippen LogP contribution is -2.15. The maximum Gasteiger partial charge on any atom is 0.173 e. The Balaban J connectivity index is 2.33. The Kier molecular flexibility index (Phi) is 6.50. The van der Waals surface area contributed by atoms with Crippen LogP contribution >= 0.6 is 15.9 Å². The number of halogens is 1. The van der Waals surface area contributed by atoms with Crippen LogP contribution in [-0.2, 0) is 0 Å². The van der Waals surface area contributed by atoms with Gasteiger partial charge in [0.25, 0.3) is 0 Å². The predicted octanol–water partition coefficient (Wildman–Crippen LogP) is 4.44. The normalized spacial score (nSPS) is 12.6. The fourth-order valence-electron chi connectivity index (χ4n) is 1.82. The van der Waals surface area contributed by atoms with E-state index in [4.69, 9.17) is 4.42 Å². The molecule has 0 amide bonds. The summed E-state index contributed by atoms with van der Waals surface area (Å²) in [7, 11) is 1.99. The predicted molar refractivity (Wildman–Crippen MR) is 71.5 cm³/mol. The van der Waals surface area contributed by atoms with Crippen LogP contribution in [0.2, 0.25) is 0 Å². The van der Waals surface area contributed by atoms with Crippen molar-refractivity contribution in [2.45, 2.75) is 38.1 Å². The van der Waals surface area contributed by atoms with Gasteiger partial charge in [0.15, 0.2) is 4.67 Å². The van der Waals surface area contributed by atoms with Gasteiger partial charge in [-0.05, 0) is 48.3 Å². The zero-order chi connectivity index (χ0) is 11.8. The summed E-state index contributed by atoms with van der Waals surface area (Å²) in [5.74, 6) is 0. The van der Waals surface area contributed by atoms with Crippen LogP contribution in [0.15, 0.2) is 34.1 Å². The van der Waals surface area contributed by atoms with Gasteiger partial charge in [0.1, 0.15) is 0 Å². The van der Waals surface area contributed by atoms with E-state index >= 15 is 0 Å². The van der Waals surface area contributed by atoms with E-state index < -0.39 is 0 Å². The second kappa shape index (κ2) is 7.69. The molecule has 0 aliphatic heterocycles. The van der Waals surface area contributed by atoms with E-state index in [9.17, 15) is 0 Å². The fraction of sp³-hybridized carbons (Fsp3) is 0.538. The minimum absolute atomic E-state index is 0.386. The van der Waals surface area contributed by atoms with E-state index in [1.807, 2.05) is 19.2 Å². The SMILES string of the molecule is C=CCCCCCC(NC)c1ccoc1Br.